The number of carbonyl (C=O) groups is 1. The zero-order chi connectivity index (χ0) is 13.1. The molecule has 0 spiro atoms. The van der Waals surface area contributed by atoms with Crippen LogP contribution in [0.25, 0.3) is 0 Å². The minimum atomic E-state index is -0.201. The summed E-state index contributed by atoms with van der Waals surface area (Å²) in [5, 5.41) is 8.82. The van der Waals surface area contributed by atoms with E-state index in [-0.39, 0.29) is 5.91 Å². The monoisotopic (exact) mass is 278 g/mol. The molecule has 0 saturated carbocycles. The lowest BCUT2D eigenvalue weighted by molar-refractivity contribution is 0.0662. The first-order chi connectivity index (χ1) is 9.33. The van der Waals surface area contributed by atoms with Crippen molar-refractivity contribution < 1.29 is 9.53 Å². The predicted octanol–water partition coefficient (Wildman–Crippen LogP) is 1.94. The van der Waals surface area contributed by atoms with E-state index in [1.807, 2.05) is 10.9 Å². The zero-order valence-electron chi connectivity index (χ0n) is 10.3. The third-order valence-corrected chi connectivity index (χ3v) is 3.68. The van der Waals surface area contributed by atoms with Crippen molar-refractivity contribution in [3.05, 3.63) is 29.0 Å². The summed E-state index contributed by atoms with van der Waals surface area (Å²) < 4.78 is 7.23. The highest BCUT2D eigenvalue weighted by molar-refractivity contribution is 7.07. The number of amides is 1. The lowest BCUT2D eigenvalue weighted by Crippen LogP contribution is -2.19. The lowest BCUT2D eigenvalue weighted by Gasteiger charge is -2.22. The van der Waals surface area contributed by atoms with Crippen molar-refractivity contribution >= 4 is 22.9 Å². The second-order valence-electron chi connectivity index (χ2n) is 4.38. The number of hydrogen-bond acceptors (Lipinski definition) is 5. The smallest absolute Gasteiger partial charge is 0.275 e. The first kappa shape index (κ1) is 12.3. The van der Waals surface area contributed by atoms with Crippen molar-refractivity contribution in [2.75, 3.05) is 18.5 Å². The van der Waals surface area contributed by atoms with E-state index in [9.17, 15) is 4.79 Å². The molecule has 0 radical (unpaired) electrons. The molecule has 2 aromatic rings. The maximum Gasteiger partial charge on any atom is 0.275 e. The van der Waals surface area contributed by atoms with Gasteiger partial charge in [-0.15, -0.1) is 11.3 Å². The molecule has 1 aliphatic rings. The standard InChI is InChI=1S/C12H14N4O2S/c17-12(11-7-19-8-13-11)15-9-5-14-16(6-9)10-1-3-18-4-2-10/h5-8,10H,1-4H2,(H,15,17). The van der Waals surface area contributed by atoms with E-state index < -0.39 is 0 Å². The van der Waals surface area contributed by atoms with Gasteiger partial charge < -0.3 is 10.1 Å². The largest absolute Gasteiger partial charge is 0.381 e. The summed E-state index contributed by atoms with van der Waals surface area (Å²) in [6.07, 6.45) is 5.45. The molecule has 3 heterocycles. The number of ether oxygens (including phenoxy) is 1. The molecule has 1 fully saturated rings. The van der Waals surface area contributed by atoms with Gasteiger partial charge in [-0.25, -0.2) is 4.98 Å². The van der Waals surface area contributed by atoms with E-state index in [0.29, 0.717) is 17.4 Å². The lowest BCUT2D eigenvalue weighted by atomic mass is 10.1. The van der Waals surface area contributed by atoms with E-state index in [2.05, 4.69) is 15.4 Å². The molecule has 1 amide bonds. The number of nitrogens with one attached hydrogen (secondary N) is 1. The van der Waals surface area contributed by atoms with Gasteiger partial charge in [0.05, 0.1) is 23.4 Å². The van der Waals surface area contributed by atoms with Crippen molar-refractivity contribution in [3.8, 4) is 0 Å². The highest BCUT2D eigenvalue weighted by Gasteiger charge is 2.17. The van der Waals surface area contributed by atoms with E-state index in [1.54, 1.807) is 17.1 Å². The molecule has 0 bridgehead atoms. The van der Waals surface area contributed by atoms with Gasteiger partial charge in [0.15, 0.2) is 0 Å². The van der Waals surface area contributed by atoms with Gasteiger partial charge in [0.1, 0.15) is 5.69 Å². The maximum absolute atomic E-state index is 11.8. The van der Waals surface area contributed by atoms with Crippen LogP contribution in [0, 0.1) is 0 Å². The molecule has 0 unspecified atom stereocenters. The first-order valence-corrected chi connectivity index (χ1v) is 7.08. The fourth-order valence-corrected chi connectivity index (χ4v) is 2.60. The number of hydrogen-bond donors (Lipinski definition) is 1. The number of carbonyl (C=O) groups excluding carboxylic acids is 1. The van der Waals surface area contributed by atoms with Crippen LogP contribution in [0.1, 0.15) is 29.4 Å². The molecule has 2 aromatic heterocycles. The van der Waals surface area contributed by atoms with Gasteiger partial charge in [-0.05, 0) is 12.8 Å². The van der Waals surface area contributed by atoms with Gasteiger partial charge in [-0.2, -0.15) is 5.10 Å². The Labute approximate surface area is 114 Å². The Bertz CT molecular complexity index is 546. The Morgan fingerprint density at radius 3 is 3.05 bits per heavy atom. The molecule has 0 aliphatic carbocycles. The second-order valence-corrected chi connectivity index (χ2v) is 5.10. The van der Waals surface area contributed by atoms with E-state index in [4.69, 9.17) is 4.74 Å². The van der Waals surface area contributed by atoms with Crippen LogP contribution in [0.5, 0.6) is 0 Å². The molecular formula is C12H14N4O2S. The Morgan fingerprint density at radius 1 is 1.47 bits per heavy atom. The Hall–Kier alpha value is -1.73. The summed E-state index contributed by atoms with van der Waals surface area (Å²) in [6.45, 7) is 1.54. The first-order valence-electron chi connectivity index (χ1n) is 6.14. The highest BCUT2D eigenvalue weighted by Crippen LogP contribution is 2.21. The molecule has 7 heteroatoms. The third kappa shape index (κ3) is 2.82. The SMILES string of the molecule is O=C(Nc1cnn(C2CCOCC2)c1)c1cscn1. The van der Waals surface area contributed by atoms with Gasteiger partial charge in [0.2, 0.25) is 0 Å². The van der Waals surface area contributed by atoms with Crippen LogP contribution in [0.4, 0.5) is 5.69 Å². The molecule has 3 rings (SSSR count). The van der Waals surface area contributed by atoms with Crippen LogP contribution in [-0.4, -0.2) is 33.9 Å². The zero-order valence-corrected chi connectivity index (χ0v) is 11.1. The molecule has 1 saturated heterocycles. The number of aromatic nitrogens is 3. The fourth-order valence-electron chi connectivity index (χ4n) is 2.07. The summed E-state index contributed by atoms with van der Waals surface area (Å²) in [5.74, 6) is -0.201. The molecule has 19 heavy (non-hydrogen) atoms. The van der Waals surface area contributed by atoms with Gasteiger partial charge in [0, 0.05) is 24.8 Å². The minimum Gasteiger partial charge on any atom is -0.381 e. The van der Waals surface area contributed by atoms with Crippen LogP contribution >= 0.6 is 11.3 Å². The van der Waals surface area contributed by atoms with Crippen LogP contribution in [0.2, 0.25) is 0 Å². The van der Waals surface area contributed by atoms with E-state index in [1.165, 1.54) is 11.3 Å². The van der Waals surface area contributed by atoms with E-state index in [0.717, 1.165) is 26.1 Å². The molecule has 0 atom stereocenters. The molecular weight excluding hydrogens is 264 g/mol. The molecule has 100 valence electrons. The molecule has 1 aliphatic heterocycles. The average molecular weight is 278 g/mol. The quantitative estimate of drug-likeness (QED) is 0.931. The van der Waals surface area contributed by atoms with Crippen molar-refractivity contribution in [1.82, 2.24) is 14.8 Å². The van der Waals surface area contributed by atoms with E-state index >= 15 is 0 Å². The third-order valence-electron chi connectivity index (χ3n) is 3.09. The van der Waals surface area contributed by atoms with Crippen LogP contribution in [-0.2, 0) is 4.74 Å². The molecule has 1 N–H and O–H groups in total. The Balaban J connectivity index is 1.66. The average Bonchev–Trinajstić information content (AvgIpc) is 3.11. The Morgan fingerprint density at radius 2 is 2.32 bits per heavy atom. The Kier molecular flexibility index (Phi) is 3.56. The minimum absolute atomic E-state index is 0.201. The predicted molar refractivity (Wildman–Crippen MR) is 71.4 cm³/mol. The summed E-state index contributed by atoms with van der Waals surface area (Å²) in [5.41, 5.74) is 2.77. The summed E-state index contributed by atoms with van der Waals surface area (Å²) in [7, 11) is 0. The second kappa shape index (κ2) is 5.50. The molecule has 6 nitrogen and oxygen atoms in total. The highest BCUT2D eigenvalue weighted by atomic mass is 32.1. The number of nitrogens with zero attached hydrogens (tertiary/aromatic N) is 3. The van der Waals surface area contributed by atoms with Crippen LogP contribution in [0.3, 0.4) is 0 Å². The summed E-state index contributed by atoms with van der Waals surface area (Å²) >= 11 is 1.40. The van der Waals surface area contributed by atoms with Crippen molar-refractivity contribution in [2.45, 2.75) is 18.9 Å². The number of anilines is 1. The van der Waals surface area contributed by atoms with Crippen molar-refractivity contribution in [2.24, 2.45) is 0 Å². The summed E-state index contributed by atoms with van der Waals surface area (Å²) in [4.78, 5) is 15.8. The van der Waals surface area contributed by atoms with Gasteiger partial charge in [-0.3, -0.25) is 9.48 Å². The summed E-state index contributed by atoms with van der Waals surface area (Å²) in [6, 6.07) is 0.360. The topological polar surface area (TPSA) is 69.0 Å². The van der Waals surface area contributed by atoms with Crippen molar-refractivity contribution in [1.29, 1.82) is 0 Å². The van der Waals surface area contributed by atoms with Gasteiger partial charge >= 0.3 is 0 Å². The van der Waals surface area contributed by atoms with Gasteiger partial charge in [-0.1, -0.05) is 0 Å². The van der Waals surface area contributed by atoms with Crippen LogP contribution in [0.15, 0.2) is 23.3 Å². The normalized spacial score (nSPS) is 16.4. The number of thiazole rings is 1. The fraction of sp³-hybridized carbons (Fsp3) is 0.417. The van der Waals surface area contributed by atoms with Crippen LogP contribution < -0.4 is 5.32 Å². The molecule has 0 aromatic carbocycles. The number of rotatable bonds is 3. The van der Waals surface area contributed by atoms with Crippen molar-refractivity contribution in [3.63, 3.8) is 0 Å². The maximum atomic E-state index is 11.8. The van der Waals surface area contributed by atoms with Gasteiger partial charge in [0.25, 0.3) is 5.91 Å².